The van der Waals surface area contributed by atoms with Crippen LogP contribution in [-0.2, 0) is 19.8 Å². The summed E-state index contributed by atoms with van der Waals surface area (Å²) in [6.45, 7) is 4.03. The first-order valence-corrected chi connectivity index (χ1v) is 9.28. The molecule has 1 aliphatic carbocycles. The summed E-state index contributed by atoms with van der Waals surface area (Å²) < 4.78 is 43.1. The fourth-order valence-electron chi connectivity index (χ4n) is 3.44. The molecule has 0 N–H and O–H groups in total. The Morgan fingerprint density at radius 1 is 1.24 bits per heavy atom. The minimum Gasteiger partial charge on any atom is -0.336 e. The van der Waals surface area contributed by atoms with Gasteiger partial charge in [0.1, 0.15) is 5.69 Å². The lowest BCUT2D eigenvalue weighted by molar-refractivity contribution is -0.142. The first-order chi connectivity index (χ1) is 13.6. The zero-order valence-electron chi connectivity index (χ0n) is 16.6. The van der Waals surface area contributed by atoms with E-state index in [-0.39, 0.29) is 23.8 Å². The van der Waals surface area contributed by atoms with Crippen molar-refractivity contribution in [2.24, 2.45) is 7.05 Å². The molecule has 3 aromatic heterocycles. The third kappa shape index (κ3) is 3.47. The van der Waals surface area contributed by atoms with Crippen LogP contribution in [0.2, 0.25) is 0 Å². The maximum atomic E-state index is 13.5. The van der Waals surface area contributed by atoms with E-state index < -0.39 is 17.8 Å². The normalized spacial score (nSPS) is 14.6. The lowest BCUT2D eigenvalue weighted by atomic mass is 10.2. The van der Waals surface area contributed by atoms with Crippen molar-refractivity contribution in [3.8, 4) is 0 Å². The van der Waals surface area contributed by atoms with Crippen LogP contribution in [0.5, 0.6) is 0 Å². The van der Waals surface area contributed by atoms with Crippen molar-refractivity contribution in [1.29, 1.82) is 0 Å². The maximum Gasteiger partial charge on any atom is 0.433 e. The molecule has 0 unspecified atom stereocenters. The number of nitrogens with zero attached hydrogens (tertiary/aromatic N) is 6. The highest BCUT2D eigenvalue weighted by molar-refractivity contribution is 5.93. The predicted molar refractivity (Wildman–Crippen MR) is 98.4 cm³/mol. The van der Waals surface area contributed by atoms with Crippen LogP contribution in [0.4, 0.5) is 13.2 Å². The number of fused-ring (bicyclic) bond motifs is 1. The van der Waals surface area contributed by atoms with Gasteiger partial charge in [0, 0.05) is 49.6 Å². The Kier molecular flexibility index (Phi) is 4.39. The average molecular weight is 406 g/mol. The smallest absolute Gasteiger partial charge is 0.336 e. The number of carbonyl (C=O) groups is 1. The monoisotopic (exact) mass is 406 g/mol. The van der Waals surface area contributed by atoms with Gasteiger partial charge in [0.15, 0.2) is 11.3 Å². The first-order valence-electron chi connectivity index (χ1n) is 9.28. The van der Waals surface area contributed by atoms with Crippen LogP contribution < -0.4 is 0 Å². The topological polar surface area (TPSA) is 68.3 Å². The van der Waals surface area contributed by atoms with Crippen molar-refractivity contribution in [2.75, 3.05) is 7.05 Å². The Morgan fingerprint density at radius 2 is 1.93 bits per heavy atom. The molecule has 3 heterocycles. The Morgan fingerprint density at radius 3 is 2.48 bits per heavy atom. The van der Waals surface area contributed by atoms with Crippen LogP contribution >= 0.6 is 0 Å². The van der Waals surface area contributed by atoms with E-state index in [1.165, 1.54) is 11.0 Å². The van der Waals surface area contributed by atoms with Crippen LogP contribution in [0.1, 0.15) is 57.6 Å². The Labute approximate surface area is 165 Å². The molecular formula is C19H21F3N6O. The van der Waals surface area contributed by atoms with Gasteiger partial charge in [-0.2, -0.15) is 23.4 Å². The lowest BCUT2D eigenvalue weighted by Gasteiger charge is -2.16. The average Bonchev–Trinajstić information content (AvgIpc) is 3.36. The summed E-state index contributed by atoms with van der Waals surface area (Å²) in [6.07, 6.45) is -2.94. The van der Waals surface area contributed by atoms with E-state index in [2.05, 4.69) is 15.2 Å². The molecular weight excluding hydrogens is 385 g/mol. The fourth-order valence-corrected chi connectivity index (χ4v) is 3.44. The molecule has 0 atom stereocenters. The summed E-state index contributed by atoms with van der Waals surface area (Å²) in [4.78, 5) is 18.6. The zero-order valence-corrected chi connectivity index (χ0v) is 16.6. The van der Waals surface area contributed by atoms with Crippen LogP contribution in [0.15, 0.2) is 12.1 Å². The van der Waals surface area contributed by atoms with Crippen LogP contribution in [-0.4, -0.2) is 42.2 Å². The Hall–Kier alpha value is -2.91. The van der Waals surface area contributed by atoms with Crippen molar-refractivity contribution in [3.05, 3.63) is 46.2 Å². The van der Waals surface area contributed by atoms with Gasteiger partial charge >= 0.3 is 6.18 Å². The van der Waals surface area contributed by atoms with Crippen LogP contribution in [0, 0.1) is 13.8 Å². The second-order valence-electron chi connectivity index (χ2n) is 7.57. The van der Waals surface area contributed by atoms with Gasteiger partial charge in [0.05, 0.1) is 5.69 Å². The number of aryl methyl sites for hydroxylation is 2. The molecule has 0 aromatic carbocycles. The molecule has 0 bridgehead atoms. The van der Waals surface area contributed by atoms with Crippen molar-refractivity contribution >= 4 is 11.6 Å². The van der Waals surface area contributed by atoms with Gasteiger partial charge in [0.25, 0.3) is 5.91 Å². The largest absolute Gasteiger partial charge is 0.433 e. The van der Waals surface area contributed by atoms with Crippen molar-refractivity contribution < 1.29 is 18.0 Å². The molecule has 4 rings (SSSR count). The van der Waals surface area contributed by atoms with Gasteiger partial charge in [-0.15, -0.1) is 0 Å². The van der Waals surface area contributed by atoms with Crippen LogP contribution in [0.25, 0.3) is 5.65 Å². The van der Waals surface area contributed by atoms with Crippen LogP contribution in [0.3, 0.4) is 0 Å². The molecule has 1 aliphatic rings. The molecule has 1 fully saturated rings. The van der Waals surface area contributed by atoms with Crippen molar-refractivity contribution in [1.82, 2.24) is 29.3 Å². The van der Waals surface area contributed by atoms with E-state index in [9.17, 15) is 18.0 Å². The molecule has 7 nitrogen and oxygen atoms in total. The third-order valence-electron chi connectivity index (χ3n) is 5.35. The lowest BCUT2D eigenvalue weighted by Crippen LogP contribution is -2.27. The number of carbonyl (C=O) groups excluding carboxylic acids is 1. The number of rotatable bonds is 4. The Bertz CT molecular complexity index is 1110. The third-order valence-corrected chi connectivity index (χ3v) is 5.35. The van der Waals surface area contributed by atoms with Gasteiger partial charge in [-0.25, -0.2) is 9.50 Å². The summed E-state index contributed by atoms with van der Waals surface area (Å²) >= 11 is 0. The summed E-state index contributed by atoms with van der Waals surface area (Å²) in [5.41, 5.74) is 2.08. The molecule has 0 saturated heterocycles. The van der Waals surface area contributed by atoms with E-state index in [1.54, 1.807) is 11.7 Å². The molecule has 0 aliphatic heterocycles. The van der Waals surface area contributed by atoms with E-state index >= 15 is 0 Å². The fraction of sp³-hybridized carbons (Fsp3) is 0.474. The SMILES string of the molecule is Cc1nn(C)c(C)c1CN(C)C(=O)c1cc2nc(C3CC3)cc(C(F)(F)F)n2n1. The molecule has 0 spiro atoms. The second kappa shape index (κ2) is 6.57. The first kappa shape index (κ1) is 19.4. The second-order valence-corrected chi connectivity index (χ2v) is 7.57. The summed E-state index contributed by atoms with van der Waals surface area (Å²) in [5.74, 6) is -0.423. The summed E-state index contributed by atoms with van der Waals surface area (Å²) in [7, 11) is 3.41. The summed E-state index contributed by atoms with van der Waals surface area (Å²) in [6, 6.07) is 2.36. The highest BCUT2D eigenvalue weighted by Crippen LogP contribution is 2.41. The predicted octanol–water partition coefficient (Wildman–Crippen LogP) is 3.25. The quantitative estimate of drug-likeness (QED) is 0.667. The molecule has 1 amide bonds. The molecule has 154 valence electrons. The number of hydrogen-bond donors (Lipinski definition) is 0. The van der Waals surface area contributed by atoms with E-state index in [0.29, 0.717) is 10.2 Å². The van der Waals surface area contributed by atoms with Crippen molar-refractivity contribution in [2.45, 2.75) is 45.3 Å². The molecule has 0 radical (unpaired) electrons. The van der Waals surface area contributed by atoms with E-state index in [1.807, 2.05) is 20.9 Å². The number of aromatic nitrogens is 5. The van der Waals surface area contributed by atoms with E-state index in [4.69, 9.17) is 0 Å². The number of hydrogen-bond acceptors (Lipinski definition) is 4. The van der Waals surface area contributed by atoms with Crippen molar-refractivity contribution in [3.63, 3.8) is 0 Å². The minimum absolute atomic E-state index is 0.0345. The molecule has 1 saturated carbocycles. The van der Waals surface area contributed by atoms with Gasteiger partial charge in [-0.3, -0.25) is 9.48 Å². The van der Waals surface area contributed by atoms with Gasteiger partial charge < -0.3 is 4.90 Å². The summed E-state index contributed by atoms with van der Waals surface area (Å²) in [5, 5.41) is 8.26. The Balaban J connectivity index is 1.69. The van der Waals surface area contributed by atoms with Gasteiger partial charge in [-0.1, -0.05) is 0 Å². The standard InChI is InChI=1S/C19H21F3N6O/c1-10-13(11(2)27(4)24-10)9-26(3)18(29)15-8-17-23-14(12-5-6-12)7-16(19(20,21)22)28(17)25-15/h7-8,12H,5-6,9H2,1-4H3. The molecule has 3 aromatic rings. The minimum atomic E-state index is -4.59. The number of alkyl halides is 3. The number of halogens is 3. The number of amides is 1. The zero-order chi connectivity index (χ0) is 21.1. The van der Waals surface area contributed by atoms with Gasteiger partial charge in [0.2, 0.25) is 0 Å². The molecule has 29 heavy (non-hydrogen) atoms. The highest BCUT2D eigenvalue weighted by atomic mass is 19.4. The highest BCUT2D eigenvalue weighted by Gasteiger charge is 2.37. The van der Waals surface area contributed by atoms with E-state index in [0.717, 1.165) is 35.9 Å². The molecule has 10 heteroatoms. The maximum absolute atomic E-state index is 13.5. The van der Waals surface area contributed by atoms with Gasteiger partial charge in [-0.05, 0) is 32.8 Å².